The van der Waals surface area contributed by atoms with Crippen molar-refractivity contribution in [3.63, 3.8) is 0 Å². The summed E-state index contributed by atoms with van der Waals surface area (Å²) < 4.78 is 5.30. The van der Waals surface area contributed by atoms with E-state index in [0.717, 1.165) is 25.7 Å². The standard InChI is InChI=1S/C15H29N3O3/c1-10(16)13(19)18(5)12-9-7-6-8-11(12)17-14(20)21-15(2,3)4/h10-12H,6-9,16H2,1-5H3,(H,17,20)/t10-,11+,12-/m0/s1. The van der Waals surface area contributed by atoms with E-state index < -0.39 is 17.7 Å². The van der Waals surface area contributed by atoms with Gasteiger partial charge in [-0.2, -0.15) is 0 Å². The Morgan fingerprint density at radius 3 is 2.38 bits per heavy atom. The van der Waals surface area contributed by atoms with Crippen molar-refractivity contribution in [2.45, 2.75) is 77.1 Å². The number of carbonyl (C=O) groups excluding carboxylic acids is 2. The van der Waals surface area contributed by atoms with E-state index in [1.165, 1.54) is 0 Å². The second-order valence-electron chi connectivity index (χ2n) is 6.84. The van der Waals surface area contributed by atoms with Gasteiger partial charge in [-0.05, 0) is 40.5 Å². The highest BCUT2D eigenvalue weighted by molar-refractivity contribution is 5.81. The molecule has 6 nitrogen and oxygen atoms in total. The third-order valence-corrected chi connectivity index (χ3v) is 3.67. The number of nitrogens with two attached hydrogens (primary N) is 1. The van der Waals surface area contributed by atoms with E-state index in [9.17, 15) is 9.59 Å². The quantitative estimate of drug-likeness (QED) is 0.829. The SMILES string of the molecule is C[C@H](N)C(=O)N(C)[C@H]1CCCC[C@H]1NC(=O)OC(C)(C)C. The smallest absolute Gasteiger partial charge is 0.407 e. The Morgan fingerprint density at radius 1 is 1.29 bits per heavy atom. The number of hydrogen-bond acceptors (Lipinski definition) is 4. The number of carbonyl (C=O) groups is 2. The molecule has 3 N–H and O–H groups in total. The van der Waals surface area contributed by atoms with Crippen LogP contribution in [0.15, 0.2) is 0 Å². The largest absolute Gasteiger partial charge is 0.444 e. The molecule has 6 heteroatoms. The van der Waals surface area contributed by atoms with Gasteiger partial charge in [-0.1, -0.05) is 12.8 Å². The number of amides is 2. The minimum Gasteiger partial charge on any atom is -0.444 e. The molecule has 1 aliphatic rings. The molecular weight excluding hydrogens is 270 g/mol. The second kappa shape index (κ2) is 7.11. The average Bonchev–Trinajstić information content (AvgIpc) is 2.35. The van der Waals surface area contributed by atoms with E-state index in [1.807, 2.05) is 20.8 Å². The van der Waals surface area contributed by atoms with Crippen molar-refractivity contribution in [3.05, 3.63) is 0 Å². The molecule has 3 atom stereocenters. The molecule has 0 aromatic carbocycles. The fourth-order valence-electron chi connectivity index (χ4n) is 2.69. The van der Waals surface area contributed by atoms with E-state index >= 15 is 0 Å². The fraction of sp³-hybridized carbons (Fsp3) is 0.867. The molecule has 0 radical (unpaired) electrons. The lowest BCUT2D eigenvalue weighted by Gasteiger charge is -2.39. The zero-order chi connectivity index (χ0) is 16.2. The predicted molar refractivity (Wildman–Crippen MR) is 81.8 cm³/mol. The Bertz CT molecular complexity index is 377. The van der Waals surface area contributed by atoms with E-state index in [-0.39, 0.29) is 18.0 Å². The number of likely N-dealkylation sites (N-methyl/N-ethyl adjacent to an activating group) is 1. The topological polar surface area (TPSA) is 84.7 Å². The Labute approximate surface area is 127 Å². The van der Waals surface area contributed by atoms with Gasteiger partial charge in [0.1, 0.15) is 5.60 Å². The number of ether oxygens (including phenoxy) is 1. The molecule has 0 spiro atoms. The lowest BCUT2D eigenvalue weighted by molar-refractivity contribution is -0.134. The van der Waals surface area contributed by atoms with Crippen molar-refractivity contribution in [1.82, 2.24) is 10.2 Å². The highest BCUT2D eigenvalue weighted by Crippen LogP contribution is 2.23. The van der Waals surface area contributed by atoms with Crippen LogP contribution in [0.1, 0.15) is 53.4 Å². The Morgan fingerprint density at radius 2 is 1.86 bits per heavy atom. The van der Waals surface area contributed by atoms with Gasteiger partial charge in [0.2, 0.25) is 5.91 Å². The van der Waals surface area contributed by atoms with Crippen LogP contribution in [-0.2, 0) is 9.53 Å². The number of alkyl carbamates (subject to hydrolysis) is 1. The van der Waals surface area contributed by atoms with Crippen LogP contribution in [-0.4, -0.2) is 47.7 Å². The molecule has 1 saturated carbocycles. The Kier molecular flexibility index (Phi) is 6.01. The lowest BCUT2D eigenvalue weighted by Crippen LogP contribution is -2.56. The van der Waals surface area contributed by atoms with Gasteiger partial charge in [-0.15, -0.1) is 0 Å². The van der Waals surface area contributed by atoms with Gasteiger partial charge >= 0.3 is 6.09 Å². The van der Waals surface area contributed by atoms with Gasteiger partial charge in [0.25, 0.3) is 0 Å². The fourth-order valence-corrected chi connectivity index (χ4v) is 2.69. The summed E-state index contributed by atoms with van der Waals surface area (Å²) in [5.74, 6) is -0.0992. The van der Waals surface area contributed by atoms with E-state index in [2.05, 4.69) is 5.32 Å². The molecule has 2 amide bonds. The molecule has 0 aromatic heterocycles. The average molecular weight is 299 g/mol. The normalized spacial score (nSPS) is 24.1. The van der Waals surface area contributed by atoms with Crippen LogP contribution in [0, 0.1) is 0 Å². The summed E-state index contributed by atoms with van der Waals surface area (Å²) in [6.45, 7) is 7.17. The number of rotatable bonds is 3. The molecule has 0 heterocycles. The molecule has 1 fully saturated rings. The van der Waals surface area contributed by atoms with Gasteiger partial charge in [-0.3, -0.25) is 4.79 Å². The Hall–Kier alpha value is -1.30. The first kappa shape index (κ1) is 17.8. The summed E-state index contributed by atoms with van der Waals surface area (Å²) in [5, 5.41) is 2.90. The van der Waals surface area contributed by atoms with Crippen molar-refractivity contribution >= 4 is 12.0 Å². The molecule has 122 valence electrons. The van der Waals surface area contributed by atoms with Gasteiger partial charge < -0.3 is 20.7 Å². The monoisotopic (exact) mass is 299 g/mol. The maximum atomic E-state index is 12.1. The summed E-state index contributed by atoms with van der Waals surface area (Å²) >= 11 is 0. The first-order valence-electron chi connectivity index (χ1n) is 7.63. The molecule has 1 rings (SSSR count). The van der Waals surface area contributed by atoms with Crippen LogP contribution < -0.4 is 11.1 Å². The second-order valence-corrected chi connectivity index (χ2v) is 6.84. The third-order valence-electron chi connectivity index (χ3n) is 3.67. The van der Waals surface area contributed by atoms with Gasteiger partial charge in [0.15, 0.2) is 0 Å². The molecule has 0 bridgehead atoms. The highest BCUT2D eigenvalue weighted by atomic mass is 16.6. The van der Waals surface area contributed by atoms with Gasteiger partial charge in [0, 0.05) is 7.05 Å². The van der Waals surface area contributed by atoms with E-state index in [0.29, 0.717) is 0 Å². The maximum absolute atomic E-state index is 12.1. The summed E-state index contributed by atoms with van der Waals surface area (Å²) in [6, 6.07) is -0.634. The van der Waals surface area contributed by atoms with Crippen molar-refractivity contribution in [2.24, 2.45) is 5.73 Å². The Balaban J connectivity index is 2.69. The summed E-state index contributed by atoms with van der Waals surface area (Å²) in [4.78, 5) is 25.7. The minimum atomic E-state index is -0.529. The van der Waals surface area contributed by atoms with E-state index in [4.69, 9.17) is 10.5 Å². The summed E-state index contributed by atoms with van der Waals surface area (Å²) in [6.07, 6.45) is 3.38. The molecule has 1 aliphatic carbocycles. The van der Waals surface area contributed by atoms with Crippen LogP contribution in [0.25, 0.3) is 0 Å². The van der Waals surface area contributed by atoms with Crippen molar-refractivity contribution in [3.8, 4) is 0 Å². The van der Waals surface area contributed by atoms with Gasteiger partial charge in [0.05, 0.1) is 18.1 Å². The zero-order valence-electron chi connectivity index (χ0n) is 13.8. The number of hydrogen-bond donors (Lipinski definition) is 2. The zero-order valence-corrected chi connectivity index (χ0v) is 13.8. The van der Waals surface area contributed by atoms with Crippen LogP contribution >= 0.6 is 0 Å². The summed E-state index contributed by atoms with van der Waals surface area (Å²) in [7, 11) is 1.76. The van der Waals surface area contributed by atoms with E-state index in [1.54, 1.807) is 18.9 Å². The molecule has 0 aliphatic heterocycles. The first-order chi connectivity index (χ1) is 9.61. The summed E-state index contributed by atoms with van der Waals surface area (Å²) in [5.41, 5.74) is 5.14. The molecule has 0 aromatic rings. The molecule has 21 heavy (non-hydrogen) atoms. The number of nitrogens with zero attached hydrogens (tertiary/aromatic N) is 1. The highest BCUT2D eigenvalue weighted by Gasteiger charge is 2.33. The van der Waals surface area contributed by atoms with Crippen LogP contribution in [0.4, 0.5) is 4.79 Å². The van der Waals surface area contributed by atoms with Crippen molar-refractivity contribution < 1.29 is 14.3 Å². The first-order valence-corrected chi connectivity index (χ1v) is 7.63. The van der Waals surface area contributed by atoms with Crippen LogP contribution in [0.5, 0.6) is 0 Å². The number of nitrogens with one attached hydrogen (secondary N) is 1. The molecular formula is C15H29N3O3. The maximum Gasteiger partial charge on any atom is 0.407 e. The van der Waals surface area contributed by atoms with Gasteiger partial charge in [-0.25, -0.2) is 4.79 Å². The lowest BCUT2D eigenvalue weighted by atomic mass is 9.89. The minimum absolute atomic E-state index is 0.0234. The van der Waals surface area contributed by atoms with Crippen LogP contribution in [0.2, 0.25) is 0 Å². The van der Waals surface area contributed by atoms with Crippen LogP contribution in [0.3, 0.4) is 0 Å². The van der Waals surface area contributed by atoms with Crippen molar-refractivity contribution in [2.75, 3.05) is 7.05 Å². The molecule has 0 unspecified atom stereocenters. The van der Waals surface area contributed by atoms with Crippen molar-refractivity contribution in [1.29, 1.82) is 0 Å². The predicted octanol–water partition coefficient (Wildman–Crippen LogP) is 1.63. The third kappa shape index (κ3) is 5.53. The molecule has 0 saturated heterocycles.